The predicted octanol–water partition coefficient (Wildman–Crippen LogP) is 1.37. The van der Waals surface area contributed by atoms with E-state index in [0.717, 1.165) is 12.1 Å². The summed E-state index contributed by atoms with van der Waals surface area (Å²) < 4.78 is 3.97. The number of rotatable bonds is 1. The Kier molecular flexibility index (Phi) is 5.06. The van der Waals surface area contributed by atoms with Gasteiger partial charge in [0, 0.05) is 32.7 Å². The van der Waals surface area contributed by atoms with Crippen LogP contribution in [0.15, 0.2) is 0 Å². The third-order valence-electron chi connectivity index (χ3n) is 0.941. The molecular weight excluding hydrogens is 221 g/mol. The van der Waals surface area contributed by atoms with Crippen LogP contribution in [0.1, 0.15) is 17.5 Å². The Balaban J connectivity index is 0.000000810. The van der Waals surface area contributed by atoms with Crippen molar-refractivity contribution in [3.8, 4) is 6.07 Å². The predicted molar refractivity (Wildman–Crippen MR) is 35.0 cm³/mol. The van der Waals surface area contributed by atoms with Crippen LogP contribution in [0.4, 0.5) is 0 Å². The van der Waals surface area contributed by atoms with E-state index in [2.05, 4.69) is 10.4 Å². The maximum Gasteiger partial charge on any atom is 0 e. The molecule has 0 spiro atoms. The Morgan fingerprint density at radius 3 is 2.80 bits per heavy atom. The Hall–Kier alpha value is 0.224. The van der Waals surface area contributed by atoms with E-state index in [-0.39, 0.29) is 32.7 Å². The fraction of sp³-hybridized carbons (Fsp3) is 0.333. The molecule has 0 aromatic carbocycles. The number of aryl methyl sites for hydroxylation is 1. The maximum absolute atomic E-state index is 8.34. The monoisotopic (exact) mass is 226 g/mol. The normalized spacial score (nSPS) is 8.00. The standard InChI is InChI=1S/C6H5N2S.Y/c1-2-5-3-6(4-7)9-8-5;/h2H2,1H3;/q-1;. The smallest absolute Gasteiger partial charge is 0 e. The molecule has 0 N–H and O–H groups in total. The van der Waals surface area contributed by atoms with Gasteiger partial charge in [-0.3, -0.25) is 0 Å². The molecule has 1 rings (SSSR count). The van der Waals surface area contributed by atoms with Gasteiger partial charge in [-0.15, -0.1) is 6.07 Å². The summed E-state index contributed by atoms with van der Waals surface area (Å²) in [7, 11) is 0. The Morgan fingerprint density at radius 2 is 2.50 bits per heavy atom. The molecular formula is C6H5N2SY-. The molecule has 0 aliphatic rings. The molecule has 0 bridgehead atoms. The fourth-order valence-corrected chi connectivity index (χ4v) is 1.06. The van der Waals surface area contributed by atoms with Crippen molar-refractivity contribution in [3.63, 3.8) is 0 Å². The van der Waals surface area contributed by atoms with Crippen LogP contribution in [0, 0.1) is 17.4 Å². The quantitative estimate of drug-likeness (QED) is 0.678. The molecule has 49 valence electrons. The molecule has 0 atom stereocenters. The molecule has 0 unspecified atom stereocenters. The van der Waals surface area contributed by atoms with Gasteiger partial charge in [-0.25, -0.2) is 4.37 Å². The van der Waals surface area contributed by atoms with Gasteiger partial charge < -0.3 is 5.26 Å². The van der Waals surface area contributed by atoms with Crippen LogP contribution in [0.2, 0.25) is 0 Å². The second-order valence-electron chi connectivity index (χ2n) is 1.55. The van der Waals surface area contributed by atoms with Crippen LogP contribution in [0.3, 0.4) is 0 Å². The zero-order chi connectivity index (χ0) is 6.69. The van der Waals surface area contributed by atoms with Crippen molar-refractivity contribution in [1.29, 1.82) is 5.26 Å². The Labute approximate surface area is 89.3 Å². The van der Waals surface area contributed by atoms with Crippen molar-refractivity contribution in [2.75, 3.05) is 0 Å². The minimum atomic E-state index is 0. The second-order valence-corrected chi connectivity index (χ2v) is 2.32. The minimum Gasteiger partial charge on any atom is -0.328 e. The van der Waals surface area contributed by atoms with Crippen LogP contribution < -0.4 is 0 Å². The number of nitrogens with zero attached hydrogens (tertiary/aromatic N) is 2. The van der Waals surface area contributed by atoms with E-state index in [0.29, 0.717) is 4.88 Å². The van der Waals surface area contributed by atoms with Gasteiger partial charge in [0.25, 0.3) is 0 Å². The van der Waals surface area contributed by atoms with Gasteiger partial charge in [0.05, 0.1) is 0 Å². The molecule has 2 nitrogen and oxygen atoms in total. The van der Waals surface area contributed by atoms with Gasteiger partial charge in [-0.2, -0.15) is 6.07 Å². The summed E-state index contributed by atoms with van der Waals surface area (Å²) in [6.07, 6.45) is 0.859. The van der Waals surface area contributed by atoms with Gasteiger partial charge in [-0.05, 0) is 12.1 Å². The van der Waals surface area contributed by atoms with E-state index in [1.165, 1.54) is 11.5 Å². The van der Waals surface area contributed by atoms with Gasteiger partial charge in [-0.1, -0.05) is 23.3 Å². The summed E-state index contributed by atoms with van der Waals surface area (Å²) in [4.78, 5) is 0.576. The van der Waals surface area contributed by atoms with Crippen LogP contribution >= 0.6 is 11.5 Å². The van der Waals surface area contributed by atoms with Crippen LogP contribution in [0.25, 0.3) is 0 Å². The van der Waals surface area contributed by atoms with E-state index >= 15 is 0 Å². The summed E-state index contributed by atoms with van der Waals surface area (Å²) >= 11 is 1.21. The van der Waals surface area contributed by atoms with Crippen molar-refractivity contribution >= 4 is 11.5 Å². The summed E-state index contributed by atoms with van der Waals surface area (Å²) in [5.41, 5.74) is 0.886. The maximum atomic E-state index is 8.34. The molecule has 0 amide bonds. The first-order chi connectivity index (χ1) is 4.36. The second kappa shape index (κ2) is 4.95. The van der Waals surface area contributed by atoms with Crippen LogP contribution in [-0.4, -0.2) is 4.37 Å². The molecule has 0 aliphatic heterocycles. The number of hydrogen-bond donors (Lipinski definition) is 0. The summed E-state index contributed by atoms with van der Waals surface area (Å²) in [6, 6.07) is 4.84. The van der Waals surface area contributed by atoms with Crippen molar-refractivity contribution in [2.24, 2.45) is 0 Å². The van der Waals surface area contributed by atoms with Crippen molar-refractivity contribution in [2.45, 2.75) is 13.3 Å². The van der Waals surface area contributed by atoms with E-state index in [4.69, 9.17) is 5.26 Å². The zero-order valence-electron chi connectivity index (χ0n) is 5.59. The molecule has 4 heteroatoms. The Morgan fingerprint density at radius 1 is 1.80 bits per heavy atom. The SMILES string of the molecule is CCc1[c-]c(C#N)sn1.[Y]. The van der Waals surface area contributed by atoms with Gasteiger partial charge >= 0.3 is 0 Å². The van der Waals surface area contributed by atoms with E-state index < -0.39 is 0 Å². The third kappa shape index (κ3) is 2.45. The average molecular weight is 226 g/mol. The minimum absolute atomic E-state index is 0. The van der Waals surface area contributed by atoms with E-state index in [9.17, 15) is 0 Å². The molecule has 1 aromatic heterocycles. The van der Waals surface area contributed by atoms with E-state index in [1.807, 2.05) is 13.0 Å². The number of nitriles is 1. The molecule has 1 heterocycles. The zero-order valence-corrected chi connectivity index (χ0v) is 9.24. The molecule has 10 heavy (non-hydrogen) atoms. The molecule has 1 aromatic rings. The molecule has 1 radical (unpaired) electrons. The average Bonchev–Trinajstić information content (AvgIpc) is 2.34. The summed E-state index contributed by atoms with van der Waals surface area (Å²) in [6.45, 7) is 1.99. The van der Waals surface area contributed by atoms with Crippen molar-refractivity contribution < 1.29 is 32.7 Å². The fourth-order valence-electron chi connectivity index (χ4n) is 0.479. The van der Waals surface area contributed by atoms with Gasteiger partial charge in [0.15, 0.2) is 0 Å². The Bertz CT molecular complexity index is 238. The summed E-state index contributed by atoms with van der Waals surface area (Å²) in [5.74, 6) is 0. The first-order valence-corrected chi connectivity index (χ1v) is 3.42. The van der Waals surface area contributed by atoms with E-state index in [1.54, 1.807) is 0 Å². The molecule has 0 fully saturated rings. The summed E-state index contributed by atoms with van der Waals surface area (Å²) in [5, 5.41) is 8.34. The first-order valence-electron chi connectivity index (χ1n) is 2.64. The largest absolute Gasteiger partial charge is 0.328 e. The van der Waals surface area contributed by atoms with Gasteiger partial charge in [0.2, 0.25) is 0 Å². The number of hydrogen-bond acceptors (Lipinski definition) is 3. The van der Waals surface area contributed by atoms with Gasteiger partial charge in [0.1, 0.15) is 0 Å². The molecule has 0 saturated heterocycles. The first kappa shape index (κ1) is 10.2. The molecule has 0 saturated carbocycles. The molecule has 0 aliphatic carbocycles. The topological polar surface area (TPSA) is 36.7 Å². The van der Waals surface area contributed by atoms with Crippen LogP contribution in [-0.2, 0) is 39.1 Å². The van der Waals surface area contributed by atoms with Crippen molar-refractivity contribution in [3.05, 3.63) is 16.6 Å². The third-order valence-corrected chi connectivity index (χ3v) is 1.63. The number of aromatic nitrogens is 1. The van der Waals surface area contributed by atoms with Crippen LogP contribution in [0.5, 0.6) is 0 Å². The van der Waals surface area contributed by atoms with Crippen molar-refractivity contribution in [1.82, 2.24) is 4.37 Å².